The second kappa shape index (κ2) is 8.01. The number of benzene rings is 1. The smallest absolute Gasteiger partial charge is 0.314 e. The maximum Gasteiger partial charge on any atom is 0.314 e. The number of rotatable bonds is 6. The van der Waals surface area contributed by atoms with Crippen LogP contribution in [0.4, 0.5) is 4.79 Å². The van der Waals surface area contributed by atoms with Crippen LogP contribution in [0.5, 0.6) is 0 Å². The van der Waals surface area contributed by atoms with E-state index in [1.165, 1.54) is 11.1 Å². The van der Waals surface area contributed by atoms with Crippen molar-refractivity contribution in [2.45, 2.75) is 19.6 Å². The molecule has 1 aromatic rings. The number of hydrogen-bond donors (Lipinski definition) is 2. The number of urea groups is 1. The zero-order valence-electron chi connectivity index (χ0n) is 10.5. The average Bonchev–Trinajstić information content (AvgIpc) is 2.31. The van der Waals surface area contributed by atoms with Gasteiger partial charge in [-0.15, -0.1) is 0 Å². The van der Waals surface area contributed by atoms with Crippen LogP contribution in [0.25, 0.3) is 0 Å². The van der Waals surface area contributed by atoms with Gasteiger partial charge in [0.15, 0.2) is 0 Å². The van der Waals surface area contributed by atoms with E-state index in [-0.39, 0.29) is 6.03 Å². The first-order valence-corrected chi connectivity index (χ1v) is 7.03. The van der Waals surface area contributed by atoms with E-state index >= 15 is 0 Å². The Morgan fingerprint density at radius 1 is 1.24 bits per heavy atom. The number of thioether (sulfide) groups is 1. The molecule has 0 aliphatic rings. The van der Waals surface area contributed by atoms with Gasteiger partial charge in [0, 0.05) is 24.6 Å². The molecule has 0 heterocycles. The molecular weight excluding hydrogens is 232 g/mol. The summed E-state index contributed by atoms with van der Waals surface area (Å²) in [6.07, 6.45) is 0. The van der Waals surface area contributed by atoms with Crippen LogP contribution in [0.3, 0.4) is 0 Å². The van der Waals surface area contributed by atoms with Gasteiger partial charge in [-0.1, -0.05) is 29.8 Å². The number of carbonyl (C=O) groups excluding carboxylic acids is 1. The van der Waals surface area contributed by atoms with E-state index in [9.17, 15) is 4.79 Å². The van der Waals surface area contributed by atoms with Gasteiger partial charge < -0.3 is 10.6 Å². The van der Waals surface area contributed by atoms with Gasteiger partial charge in [-0.2, -0.15) is 11.8 Å². The van der Waals surface area contributed by atoms with E-state index in [2.05, 4.69) is 41.8 Å². The van der Waals surface area contributed by atoms with Crippen molar-refractivity contribution < 1.29 is 4.79 Å². The first-order chi connectivity index (χ1) is 8.22. The van der Waals surface area contributed by atoms with Gasteiger partial charge in [-0.25, -0.2) is 4.79 Å². The fourth-order valence-electron chi connectivity index (χ4n) is 1.33. The summed E-state index contributed by atoms with van der Waals surface area (Å²) in [5.74, 6) is 1.93. The Morgan fingerprint density at radius 2 is 1.94 bits per heavy atom. The number of hydrogen-bond acceptors (Lipinski definition) is 2. The molecule has 0 saturated heterocycles. The Morgan fingerprint density at radius 3 is 2.59 bits per heavy atom. The summed E-state index contributed by atoms with van der Waals surface area (Å²) in [4.78, 5) is 11.1. The van der Waals surface area contributed by atoms with E-state index in [1.807, 2.05) is 18.7 Å². The second-order valence-electron chi connectivity index (χ2n) is 3.82. The third kappa shape index (κ3) is 6.22. The van der Waals surface area contributed by atoms with Crippen molar-refractivity contribution in [2.75, 3.05) is 18.8 Å². The van der Waals surface area contributed by atoms with Crippen molar-refractivity contribution in [3.8, 4) is 0 Å². The molecule has 4 heteroatoms. The van der Waals surface area contributed by atoms with Crippen molar-refractivity contribution in [3.05, 3.63) is 35.4 Å². The lowest BCUT2D eigenvalue weighted by molar-refractivity contribution is 0.242. The van der Waals surface area contributed by atoms with Crippen LogP contribution in [0.2, 0.25) is 0 Å². The van der Waals surface area contributed by atoms with Crippen LogP contribution in [-0.2, 0) is 5.75 Å². The summed E-state index contributed by atoms with van der Waals surface area (Å²) in [5, 5.41) is 5.51. The lowest BCUT2D eigenvalue weighted by Crippen LogP contribution is -2.36. The van der Waals surface area contributed by atoms with E-state index in [4.69, 9.17) is 0 Å². The molecule has 2 N–H and O–H groups in total. The Kier molecular flexibility index (Phi) is 6.55. The molecule has 0 aromatic heterocycles. The van der Waals surface area contributed by atoms with Gasteiger partial charge in [0.1, 0.15) is 0 Å². The number of aryl methyl sites for hydroxylation is 1. The minimum Gasteiger partial charge on any atom is -0.338 e. The van der Waals surface area contributed by atoms with Crippen LogP contribution in [0.1, 0.15) is 18.1 Å². The summed E-state index contributed by atoms with van der Waals surface area (Å²) >= 11 is 1.83. The van der Waals surface area contributed by atoms with Crippen LogP contribution < -0.4 is 10.6 Å². The second-order valence-corrected chi connectivity index (χ2v) is 4.93. The molecule has 94 valence electrons. The number of amides is 2. The minimum absolute atomic E-state index is 0.0802. The normalized spacial score (nSPS) is 10.0. The van der Waals surface area contributed by atoms with Crippen LogP contribution >= 0.6 is 11.8 Å². The zero-order valence-corrected chi connectivity index (χ0v) is 11.3. The molecule has 0 saturated carbocycles. The first kappa shape index (κ1) is 13.9. The third-order valence-electron chi connectivity index (χ3n) is 2.26. The molecule has 3 nitrogen and oxygen atoms in total. The molecule has 0 spiro atoms. The Hall–Kier alpha value is -1.16. The fourth-order valence-corrected chi connectivity index (χ4v) is 2.15. The number of nitrogens with one attached hydrogen (secondary N) is 2. The van der Waals surface area contributed by atoms with E-state index in [0.29, 0.717) is 13.1 Å². The van der Waals surface area contributed by atoms with Gasteiger partial charge >= 0.3 is 6.03 Å². The van der Waals surface area contributed by atoms with Gasteiger partial charge in [0.25, 0.3) is 0 Å². The van der Waals surface area contributed by atoms with Gasteiger partial charge in [0.2, 0.25) is 0 Å². The first-order valence-electron chi connectivity index (χ1n) is 5.87. The van der Waals surface area contributed by atoms with E-state index < -0.39 is 0 Å². The largest absolute Gasteiger partial charge is 0.338 e. The van der Waals surface area contributed by atoms with Gasteiger partial charge in [0.05, 0.1) is 0 Å². The molecule has 0 fully saturated rings. The highest BCUT2D eigenvalue weighted by Gasteiger charge is 1.97. The SMILES string of the molecule is CCNC(=O)NCCSCc1ccc(C)cc1. The Balaban J connectivity index is 2.08. The third-order valence-corrected chi connectivity index (χ3v) is 3.29. The highest BCUT2D eigenvalue weighted by Crippen LogP contribution is 2.12. The Labute approximate surface area is 107 Å². The van der Waals surface area contributed by atoms with Crippen molar-refractivity contribution in [1.82, 2.24) is 10.6 Å². The highest BCUT2D eigenvalue weighted by molar-refractivity contribution is 7.98. The van der Waals surface area contributed by atoms with Crippen molar-refractivity contribution >= 4 is 17.8 Å². The molecule has 0 atom stereocenters. The molecule has 1 rings (SSSR count). The summed E-state index contributed by atoms with van der Waals surface area (Å²) in [6.45, 7) is 5.38. The van der Waals surface area contributed by atoms with Crippen LogP contribution in [0, 0.1) is 6.92 Å². The molecule has 2 amide bonds. The van der Waals surface area contributed by atoms with Crippen LogP contribution in [-0.4, -0.2) is 24.9 Å². The van der Waals surface area contributed by atoms with Crippen LogP contribution in [0.15, 0.2) is 24.3 Å². The van der Waals surface area contributed by atoms with Crippen molar-refractivity contribution in [1.29, 1.82) is 0 Å². The highest BCUT2D eigenvalue weighted by atomic mass is 32.2. The molecule has 17 heavy (non-hydrogen) atoms. The molecule has 1 aromatic carbocycles. The predicted octanol–water partition coefficient (Wildman–Crippen LogP) is 2.55. The number of carbonyl (C=O) groups is 1. The predicted molar refractivity (Wildman–Crippen MR) is 74.4 cm³/mol. The summed E-state index contributed by atoms with van der Waals surface area (Å²) in [6, 6.07) is 8.48. The lowest BCUT2D eigenvalue weighted by Gasteiger charge is -2.05. The van der Waals surface area contributed by atoms with E-state index in [0.717, 1.165) is 11.5 Å². The summed E-state index contributed by atoms with van der Waals surface area (Å²) < 4.78 is 0. The summed E-state index contributed by atoms with van der Waals surface area (Å²) in [7, 11) is 0. The quantitative estimate of drug-likeness (QED) is 0.764. The minimum atomic E-state index is -0.0802. The molecule has 0 aliphatic heterocycles. The van der Waals surface area contributed by atoms with Crippen molar-refractivity contribution in [2.24, 2.45) is 0 Å². The van der Waals surface area contributed by atoms with Gasteiger partial charge in [-0.3, -0.25) is 0 Å². The van der Waals surface area contributed by atoms with Crippen molar-refractivity contribution in [3.63, 3.8) is 0 Å². The summed E-state index contributed by atoms with van der Waals surface area (Å²) in [5.41, 5.74) is 2.62. The average molecular weight is 252 g/mol. The molecule has 0 radical (unpaired) electrons. The standard InChI is InChI=1S/C13H20N2OS/c1-3-14-13(16)15-8-9-17-10-12-6-4-11(2)5-7-12/h4-7H,3,8-10H2,1-2H3,(H2,14,15,16). The molecule has 0 aliphatic carbocycles. The lowest BCUT2D eigenvalue weighted by atomic mass is 10.2. The van der Waals surface area contributed by atoms with E-state index in [1.54, 1.807) is 0 Å². The zero-order chi connectivity index (χ0) is 12.5. The Bertz CT molecular complexity index is 338. The monoisotopic (exact) mass is 252 g/mol. The van der Waals surface area contributed by atoms with Gasteiger partial charge in [-0.05, 0) is 19.4 Å². The maximum absolute atomic E-state index is 11.1. The maximum atomic E-state index is 11.1. The topological polar surface area (TPSA) is 41.1 Å². The molecule has 0 unspecified atom stereocenters. The fraction of sp³-hybridized carbons (Fsp3) is 0.462. The molecule has 0 bridgehead atoms. The molecular formula is C13H20N2OS.